The molecule has 0 bridgehead atoms. The van der Waals surface area contributed by atoms with Gasteiger partial charge >= 0.3 is 0 Å². The Morgan fingerprint density at radius 3 is 2.64 bits per heavy atom. The molecule has 3 rings (SSSR count). The van der Waals surface area contributed by atoms with Crippen LogP contribution in [0.5, 0.6) is 0 Å². The first-order chi connectivity index (χ1) is 10.6. The number of benzene rings is 1. The number of piperazine rings is 1. The van der Waals surface area contributed by atoms with E-state index in [1.54, 1.807) is 6.20 Å². The molecule has 0 aliphatic carbocycles. The summed E-state index contributed by atoms with van der Waals surface area (Å²) in [5.74, 6) is 1.58. The summed E-state index contributed by atoms with van der Waals surface area (Å²) in [5.41, 5.74) is 2.04. The third-order valence-corrected chi connectivity index (χ3v) is 4.14. The SMILES string of the molecule is Cc1cc(Cl)ccc1Nc1nccc(N2CCN(C)CC2)n1. The second kappa shape index (κ2) is 6.50. The van der Waals surface area contributed by atoms with Gasteiger partial charge in [-0.3, -0.25) is 0 Å². The van der Waals surface area contributed by atoms with Gasteiger partial charge in [0.15, 0.2) is 0 Å². The molecule has 1 saturated heterocycles. The third-order valence-electron chi connectivity index (χ3n) is 3.90. The molecule has 1 aromatic carbocycles. The topological polar surface area (TPSA) is 44.3 Å². The second-order valence-corrected chi connectivity index (χ2v) is 6.05. The van der Waals surface area contributed by atoms with Crippen molar-refractivity contribution in [3.8, 4) is 0 Å². The second-order valence-electron chi connectivity index (χ2n) is 5.61. The lowest BCUT2D eigenvalue weighted by atomic mass is 10.2. The van der Waals surface area contributed by atoms with E-state index in [9.17, 15) is 0 Å². The van der Waals surface area contributed by atoms with Gasteiger partial charge in [-0.1, -0.05) is 11.6 Å². The van der Waals surface area contributed by atoms with Crippen molar-refractivity contribution >= 4 is 29.1 Å². The molecule has 116 valence electrons. The Hall–Kier alpha value is -1.85. The fourth-order valence-electron chi connectivity index (χ4n) is 2.51. The number of likely N-dealkylation sites (N-methyl/N-ethyl adjacent to an activating group) is 1. The van der Waals surface area contributed by atoms with Crippen LogP contribution in [0, 0.1) is 6.92 Å². The van der Waals surface area contributed by atoms with E-state index in [-0.39, 0.29) is 0 Å². The highest BCUT2D eigenvalue weighted by molar-refractivity contribution is 6.30. The Kier molecular flexibility index (Phi) is 4.45. The van der Waals surface area contributed by atoms with Crippen LogP contribution in [0.2, 0.25) is 5.02 Å². The van der Waals surface area contributed by atoms with Crippen molar-refractivity contribution < 1.29 is 0 Å². The maximum absolute atomic E-state index is 5.99. The summed E-state index contributed by atoms with van der Waals surface area (Å²) in [4.78, 5) is 13.6. The average molecular weight is 318 g/mol. The van der Waals surface area contributed by atoms with E-state index in [4.69, 9.17) is 11.6 Å². The van der Waals surface area contributed by atoms with Gasteiger partial charge in [-0.25, -0.2) is 4.98 Å². The normalized spacial score (nSPS) is 15.9. The van der Waals surface area contributed by atoms with E-state index in [1.165, 1.54) is 0 Å². The van der Waals surface area contributed by atoms with Gasteiger partial charge in [0.25, 0.3) is 0 Å². The molecule has 2 aromatic rings. The molecule has 0 spiro atoms. The summed E-state index contributed by atoms with van der Waals surface area (Å²) in [6, 6.07) is 7.70. The van der Waals surface area contributed by atoms with E-state index in [1.807, 2.05) is 31.2 Å². The standard InChI is InChI=1S/C16H20ClN5/c1-12-11-13(17)3-4-14(12)19-16-18-6-5-15(20-16)22-9-7-21(2)8-10-22/h3-6,11H,7-10H2,1-2H3,(H,18,19,20). The summed E-state index contributed by atoms with van der Waals surface area (Å²) in [7, 11) is 2.15. The van der Waals surface area contributed by atoms with Gasteiger partial charge in [0, 0.05) is 43.1 Å². The minimum absolute atomic E-state index is 0.613. The molecule has 0 saturated carbocycles. The summed E-state index contributed by atoms with van der Waals surface area (Å²) in [6.07, 6.45) is 1.80. The Balaban J connectivity index is 1.76. The Labute approximate surface area is 135 Å². The number of aromatic nitrogens is 2. The summed E-state index contributed by atoms with van der Waals surface area (Å²) >= 11 is 5.99. The molecule has 0 unspecified atom stereocenters. The van der Waals surface area contributed by atoms with Gasteiger partial charge in [-0.05, 0) is 43.8 Å². The zero-order valence-corrected chi connectivity index (χ0v) is 13.6. The van der Waals surface area contributed by atoms with Gasteiger partial charge < -0.3 is 15.1 Å². The van der Waals surface area contributed by atoms with Crippen molar-refractivity contribution in [2.24, 2.45) is 0 Å². The Morgan fingerprint density at radius 1 is 1.14 bits per heavy atom. The van der Waals surface area contributed by atoms with Crippen LogP contribution < -0.4 is 10.2 Å². The minimum atomic E-state index is 0.613. The molecular formula is C16H20ClN5. The van der Waals surface area contributed by atoms with Gasteiger partial charge in [0.1, 0.15) is 5.82 Å². The lowest BCUT2D eigenvalue weighted by Gasteiger charge is -2.33. The number of hydrogen-bond acceptors (Lipinski definition) is 5. The lowest BCUT2D eigenvalue weighted by molar-refractivity contribution is 0.312. The molecule has 0 radical (unpaired) electrons. The molecule has 1 aliphatic heterocycles. The molecule has 1 fully saturated rings. The van der Waals surface area contributed by atoms with Crippen LogP contribution >= 0.6 is 11.6 Å². The predicted octanol–water partition coefficient (Wildman–Crippen LogP) is 2.93. The lowest BCUT2D eigenvalue weighted by Crippen LogP contribution is -2.44. The minimum Gasteiger partial charge on any atom is -0.354 e. The van der Waals surface area contributed by atoms with E-state index in [0.717, 1.165) is 48.3 Å². The summed E-state index contributed by atoms with van der Waals surface area (Å²) in [5, 5.41) is 4.00. The van der Waals surface area contributed by atoms with Crippen LogP contribution in [0.25, 0.3) is 0 Å². The van der Waals surface area contributed by atoms with Crippen molar-refractivity contribution in [3.05, 3.63) is 41.0 Å². The van der Waals surface area contributed by atoms with Crippen LogP contribution in [0.3, 0.4) is 0 Å². The molecule has 0 amide bonds. The molecule has 5 nitrogen and oxygen atoms in total. The predicted molar refractivity (Wildman–Crippen MR) is 91.2 cm³/mol. The maximum Gasteiger partial charge on any atom is 0.229 e. The number of aryl methyl sites for hydroxylation is 1. The zero-order chi connectivity index (χ0) is 15.5. The number of nitrogens with one attached hydrogen (secondary N) is 1. The van der Waals surface area contributed by atoms with E-state index in [2.05, 4.69) is 32.1 Å². The van der Waals surface area contributed by atoms with Crippen LogP contribution in [0.4, 0.5) is 17.5 Å². The van der Waals surface area contributed by atoms with Crippen molar-refractivity contribution in [1.82, 2.24) is 14.9 Å². The van der Waals surface area contributed by atoms with Gasteiger partial charge in [0.05, 0.1) is 0 Å². The number of nitrogens with zero attached hydrogens (tertiary/aromatic N) is 4. The Morgan fingerprint density at radius 2 is 1.91 bits per heavy atom. The highest BCUT2D eigenvalue weighted by atomic mass is 35.5. The van der Waals surface area contributed by atoms with E-state index in [0.29, 0.717) is 5.95 Å². The largest absolute Gasteiger partial charge is 0.354 e. The summed E-state index contributed by atoms with van der Waals surface area (Å²) in [6.45, 7) is 6.12. The summed E-state index contributed by atoms with van der Waals surface area (Å²) < 4.78 is 0. The maximum atomic E-state index is 5.99. The first kappa shape index (κ1) is 15.1. The first-order valence-corrected chi connectivity index (χ1v) is 7.79. The van der Waals surface area contributed by atoms with Crippen molar-refractivity contribution in [1.29, 1.82) is 0 Å². The van der Waals surface area contributed by atoms with Gasteiger partial charge in [-0.15, -0.1) is 0 Å². The zero-order valence-electron chi connectivity index (χ0n) is 12.9. The molecule has 1 N–H and O–H groups in total. The Bertz CT molecular complexity index is 653. The fraction of sp³-hybridized carbons (Fsp3) is 0.375. The highest BCUT2D eigenvalue weighted by Crippen LogP contribution is 2.23. The highest BCUT2D eigenvalue weighted by Gasteiger charge is 2.15. The third kappa shape index (κ3) is 3.48. The molecular weight excluding hydrogens is 298 g/mol. The van der Waals surface area contributed by atoms with Crippen LogP contribution in [0.15, 0.2) is 30.5 Å². The first-order valence-electron chi connectivity index (χ1n) is 7.41. The number of rotatable bonds is 3. The molecule has 1 aliphatic rings. The molecule has 2 heterocycles. The smallest absolute Gasteiger partial charge is 0.229 e. The van der Waals surface area contributed by atoms with Crippen molar-refractivity contribution in [2.45, 2.75) is 6.92 Å². The van der Waals surface area contributed by atoms with E-state index < -0.39 is 0 Å². The van der Waals surface area contributed by atoms with Crippen LogP contribution in [0.1, 0.15) is 5.56 Å². The quantitative estimate of drug-likeness (QED) is 0.943. The van der Waals surface area contributed by atoms with Crippen molar-refractivity contribution in [2.75, 3.05) is 43.4 Å². The molecule has 0 atom stereocenters. The van der Waals surface area contributed by atoms with Crippen LogP contribution in [-0.2, 0) is 0 Å². The number of halogens is 1. The molecule has 6 heteroatoms. The van der Waals surface area contributed by atoms with Gasteiger partial charge in [0.2, 0.25) is 5.95 Å². The van der Waals surface area contributed by atoms with Crippen molar-refractivity contribution in [3.63, 3.8) is 0 Å². The monoisotopic (exact) mass is 317 g/mol. The molecule has 1 aromatic heterocycles. The fourth-order valence-corrected chi connectivity index (χ4v) is 2.74. The molecule has 22 heavy (non-hydrogen) atoms. The average Bonchev–Trinajstić information content (AvgIpc) is 2.51. The number of anilines is 3. The van der Waals surface area contributed by atoms with Crippen LogP contribution in [-0.4, -0.2) is 48.1 Å². The van der Waals surface area contributed by atoms with E-state index >= 15 is 0 Å². The van der Waals surface area contributed by atoms with Gasteiger partial charge in [-0.2, -0.15) is 4.98 Å². The number of hydrogen-bond donors (Lipinski definition) is 1.